The molecule has 0 aliphatic heterocycles. The van der Waals surface area contributed by atoms with E-state index in [0.29, 0.717) is 23.8 Å². The van der Waals surface area contributed by atoms with Crippen LogP contribution in [0.4, 0.5) is 5.82 Å². The van der Waals surface area contributed by atoms with Crippen LogP contribution in [0.1, 0.15) is 5.56 Å². The van der Waals surface area contributed by atoms with Gasteiger partial charge in [-0.15, -0.1) is 0 Å². The number of nitrogens with two attached hydrogens (primary N) is 2. The Balaban J connectivity index is 2.07. The van der Waals surface area contributed by atoms with Gasteiger partial charge in [-0.2, -0.15) is 0 Å². The van der Waals surface area contributed by atoms with Crippen LogP contribution in [0.25, 0.3) is 22.7 Å². The third-order valence-electron chi connectivity index (χ3n) is 2.67. The number of fused-ring (bicyclic) bond motifs is 1. The third-order valence-corrected chi connectivity index (χ3v) is 2.67. The number of H-pyrrole nitrogens is 1. The Morgan fingerprint density at radius 1 is 1.11 bits per heavy atom. The van der Waals surface area contributed by atoms with Crippen LogP contribution in [0.5, 0.6) is 0 Å². The van der Waals surface area contributed by atoms with Gasteiger partial charge in [0.15, 0.2) is 11.5 Å². The van der Waals surface area contributed by atoms with Crippen LogP contribution < -0.4 is 11.5 Å². The lowest BCUT2D eigenvalue weighted by atomic mass is 10.2. The van der Waals surface area contributed by atoms with E-state index >= 15 is 0 Å². The van der Waals surface area contributed by atoms with Gasteiger partial charge in [-0.05, 0) is 23.8 Å². The van der Waals surface area contributed by atoms with Gasteiger partial charge in [-0.3, -0.25) is 4.98 Å². The molecule has 6 heteroatoms. The highest BCUT2D eigenvalue weighted by atomic mass is 15.0. The van der Waals surface area contributed by atoms with Crippen molar-refractivity contribution in [2.75, 3.05) is 5.73 Å². The van der Waals surface area contributed by atoms with Crippen molar-refractivity contribution >= 4 is 17.0 Å². The second kappa shape index (κ2) is 4.08. The molecule has 3 heterocycles. The Labute approximate surface area is 103 Å². The van der Waals surface area contributed by atoms with E-state index < -0.39 is 0 Å². The number of aromatic amines is 1. The largest absolute Gasteiger partial charge is 0.384 e. The van der Waals surface area contributed by atoms with Crippen LogP contribution in [-0.4, -0.2) is 19.9 Å². The highest BCUT2D eigenvalue weighted by Crippen LogP contribution is 2.18. The van der Waals surface area contributed by atoms with Crippen molar-refractivity contribution in [3.05, 3.63) is 36.0 Å². The third kappa shape index (κ3) is 1.78. The number of nitrogen functional groups attached to an aromatic ring is 1. The summed E-state index contributed by atoms with van der Waals surface area (Å²) in [4.78, 5) is 16.0. The first kappa shape index (κ1) is 10.7. The summed E-state index contributed by atoms with van der Waals surface area (Å²) in [6.45, 7) is 0.478. The first-order valence-electron chi connectivity index (χ1n) is 5.54. The minimum absolute atomic E-state index is 0.451. The molecule has 0 aromatic carbocycles. The molecule has 18 heavy (non-hydrogen) atoms. The monoisotopic (exact) mass is 240 g/mol. The smallest absolute Gasteiger partial charge is 0.180 e. The zero-order valence-corrected chi connectivity index (χ0v) is 9.59. The number of nitrogens with one attached hydrogen (secondary N) is 1. The molecule has 6 nitrogen and oxygen atoms in total. The first-order chi connectivity index (χ1) is 8.76. The molecule has 0 fully saturated rings. The molecular formula is C12H12N6. The molecule has 0 saturated carbocycles. The van der Waals surface area contributed by atoms with Gasteiger partial charge >= 0.3 is 0 Å². The van der Waals surface area contributed by atoms with Crippen LogP contribution >= 0.6 is 0 Å². The summed E-state index contributed by atoms with van der Waals surface area (Å²) in [5.41, 5.74) is 14.3. The maximum atomic E-state index is 5.62. The minimum atomic E-state index is 0.451. The van der Waals surface area contributed by atoms with Crippen molar-refractivity contribution < 1.29 is 0 Å². The standard InChI is InChI=1S/C12H12N6/c13-5-7-1-2-8(15-6-7)11-16-9-3-4-10(14)17-12(9)18-11/h1-4,6H,5,13H2,(H3,14,16,17,18). The van der Waals surface area contributed by atoms with Gasteiger partial charge in [0, 0.05) is 12.7 Å². The molecule has 0 atom stereocenters. The highest BCUT2D eigenvalue weighted by molar-refractivity contribution is 5.76. The quantitative estimate of drug-likeness (QED) is 0.621. The minimum Gasteiger partial charge on any atom is -0.384 e. The zero-order valence-electron chi connectivity index (χ0n) is 9.59. The van der Waals surface area contributed by atoms with Gasteiger partial charge in [0.1, 0.15) is 11.5 Å². The average Bonchev–Trinajstić information content (AvgIpc) is 2.81. The molecule has 3 aromatic rings. The Morgan fingerprint density at radius 2 is 2.00 bits per heavy atom. The number of anilines is 1. The van der Waals surface area contributed by atoms with Crippen molar-refractivity contribution in [1.82, 2.24) is 19.9 Å². The number of hydrogen-bond acceptors (Lipinski definition) is 5. The van der Waals surface area contributed by atoms with Crippen molar-refractivity contribution in [1.29, 1.82) is 0 Å². The van der Waals surface area contributed by atoms with E-state index in [-0.39, 0.29) is 0 Å². The lowest BCUT2D eigenvalue weighted by Gasteiger charge is -1.97. The fourth-order valence-electron chi connectivity index (χ4n) is 1.71. The van der Waals surface area contributed by atoms with Gasteiger partial charge in [0.2, 0.25) is 0 Å². The lowest BCUT2D eigenvalue weighted by molar-refractivity contribution is 1.05. The highest BCUT2D eigenvalue weighted by Gasteiger charge is 2.07. The second-order valence-corrected chi connectivity index (χ2v) is 3.95. The van der Waals surface area contributed by atoms with E-state index in [0.717, 1.165) is 16.8 Å². The van der Waals surface area contributed by atoms with Gasteiger partial charge in [-0.25, -0.2) is 9.97 Å². The van der Waals surface area contributed by atoms with E-state index in [1.165, 1.54) is 0 Å². The van der Waals surface area contributed by atoms with E-state index in [4.69, 9.17) is 11.5 Å². The van der Waals surface area contributed by atoms with Crippen molar-refractivity contribution in [3.63, 3.8) is 0 Å². The lowest BCUT2D eigenvalue weighted by Crippen LogP contribution is -1.97. The normalized spacial score (nSPS) is 10.9. The van der Waals surface area contributed by atoms with Crippen molar-refractivity contribution in [3.8, 4) is 11.5 Å². The Kier molecular flexibility index (Phi) is 2.42. The summed E-state index contributed by atoms with van der Waals surface area (Å²) in [6, 6.07) is 7.39. The average molecular weight is 240 g/mol. The Hall–Kier alpha value is -2.47. The summed E-state index contributed by atoms with van der Waals surface area (Å²) in [5, 5.41) is 0. The van der Waals surface area contributed by atoms with E-state index in [1.807, 2.05) is 18.2 Å². The topological polar surface area (TPSA) is 106 Å². The van der Waals surface area contributed by atoms with Gasteiger partial charge in [0.05, 0.1) is 5.52 Å². The van der Waals surface area contributed by atoms with Crippen LogP contribution in [0.3, 0.4) is 0 Å². The fourth-order valence-corrected chi connectivity index (χ4v) is 1.71. The number of nitrogens with zero attached hydrogens (tertiary/aromatic N) is 3. The molecule has 0 amide bonds. The van der Waals surface area contributed by atoms with Crippen LogP contribution in [0.15, 0.2) is 30.5 Å². The van der Waals surface area contributed by atoms with Crippen LogP contribution in [0.2, 0.25) is 0 Å². The van der Waals surface area contributed by atoms with Gasteiger partial charge in [-0.1, -0.05) is 6.07 Å². The molecule has 0 bridgehead atoms. The van der Waals surface area contributed by atoms with E-state index in [1.54, 1.807) is 12.3 Å². The van der Waals surface area contributed by atoms with E-state index in [9.17, 15) is 0 Å². The number of pyridine rings is 2. The molecular weight excluding hydrogens is 228 g/mol. The first-order valence-corrected chi connectivity index (χ1v) is 5.54. The van der Waals surface area contributed by atoms with Crippen molar-refractivity contribution in [2.45, 2.75) is 6.54 Å². The molecule has 0 spiro atoms. The van der Waals surface area contributed by atoms with Gasteiger partial charge < -0.3 is 16.5 Å². The van der Waals surface area contributed by atoms with E-state index in [2.05, 4.69) is 19.9 Å². The number of imidazole rings is 1. The number of rotatable bonds is 2. The molecule has 3 rings (SSSR count). The molecule has 0 unspecified atom stereocenters. The zero-order chi connectivity index (χ0) is 12.5. The summed E-state index contributed by atoms with van der Waals surface area (Å²) in [6.07, 6.45) is 1.74. The predicted molar refractivity (Wildman–Crippen MR) is 69.4 cm³/mol. The molecule has 0 saturated heterocycles. The molecule has 90 valence electrons. The maximum absolute atomic E-state index is 5.62. The number of hydrogen-bond donors (Lipinski definition) is 3. The Bertz CT molecular complexity index is 685. The SMILES string of the molecule is NCc1ccc(-c2nc3nc(N)ccc3[nH]2)nc1. The fraction of sp³-hybridized carbons (Fsp3) is 0.0833. The summed E-state index contributed by atoms with van der Waals surface area (Å²) < 4.78 is 0. The summed E-state index contributed by atoms with van der Waals surface area (Å²) >= 11 is 0. The predicted octanol–water partition coefficient (Wildman–Crippen LogP) is 1.06. The molecule has 0 aliphatic rings. The molecule has 5 N–H and O–H groups in total. The van der Waals surface area contributed by atoms with Gasteiger partial charge in [0.25, 0.3) is 0 Å². The van der Waals surface area contributed by atoms with Crippen molar-refractivity contribution in [2.24, 2.45) is 5.73 Å². The molecule has 3 aromatic heterocycles. The summed E-state index contributed by atoms with van der Waals surface area (Å²) in [7, 11) is 0. The molecule has 0 radical (unpaired) electrons. The Morgan fingerprint density at radius 3 is 2.72 bits per heavy atom. The maximum Gasteiger partial charge on any atom is 0.180 e. The number of aromatic nitrogens is 4. The van der Waals surface area contributed by atoms with Crippen LogP contribution in [-0.2, 0) is 6.54 Å². The molecule has 0 aliphatic carbocycles. The van der Waals surface area contributed by atoms with Crippen LogP contribution in [0, 0.1) is 0 Å². The second-order valence-electron chi connectivity index (χ2n) is 3.95. The summed E-state index contributed by atoms with van der Waals surface area (Å²) in [5.74, 6) is 1.12.